The van der Waals surface area contributed by atoms with Gasteiger partial charge in [0.25, 0.3) is 0 Å². The quantitative estimate of drug-likeness (QED) is 0.856. The third-order valence-corrected chi connectivity index (χ3v) is 3.62. The zero-order valence-electron chi connectivity index (χ0n) is 13.5. The Labute approximate surface area is 135 Å². The second-order valence-corrected chi connectivity index (χ2v) is 5.45. The number of amides is 3. The highest BCUT2D eigenvalue weighted by atomic mass is 16.5. The minimum Gasteiger partial charge on any atom is -0.494 e. The molecular formula is C16H21N3O4. The minimum absolute atomic E-state index is 0.0689. The largest absolute Gasteiger partial charge is 0.494 e. The lowest BCUT2D eigenvalue weighted by molar-refractivity contribution is -0.124. The van der Waals surface area contributed by atoms with Crippen LogP contribution in [-0.4, -0.2) is 37.4 Å². The van der Waals surface area contributed by atoms with Gasteiger partial charge in [-0.15, -0.1) is 0 Å². The van der Waals surface area contributed by atoms with Crippen LogP contribution in [0, 0.1) is 0 Å². The zero-order chi connectivity index (χ0) is 17.0. The number of rotatable bonds is 5. The molecule has 2 rings (SSSR count). The van der Waals surface area contributed by atoms with Crippen LogP contribution in [0.2, 0.25) is 0 Å². The Hall–Kier alpha value is -2.57. The second-order valence-electron chi connectivity index (χ2n) is 5.45. The van der Waals surface area contributed by atoms with Gasteiger partial charge in [-0.1, -0.05) is 0 Å². The molecule has 1 aromatic rings. The Bertz CT molecular complexity index is 630. The zero-order valence-corrected chi connectivity index (χ0v) is 13.5. The Morgan fingerprint density at radius 1 is 1.35 bits per heavy atom. The maximum atomic E-state index is 12.0. The molecule has 0 saturated carbocycles. The summed E-state index contributed by atoms with van der Waals surface area (Å²) in [7, 11) is 1.52. The molecule has 1 unspecified atom stereocenters. The van der Waals surface area contributed by atoms with Crippen molar-refractivity contribution >= 4 is 29.1 Å². The van der Waals surface area contributed by atoms with Gasteiger partial charge >= 0.3 is 0 Å². The fraction of sp³-hybridized carbons (Fsp3) is 0.438. The van der Waals surface area contributed by atoms with E-state index in [4.69, 9.17) is 4.74 Å². The molecule has 1 aliphatic heterocycles. The Morgan fingerprint density at radius 2 is 2.09 bits per heavy atom. The number of hydrogen-bond acceptors (Lipinski definition) is 4. The first kappa shape index (κ1) is 16.8. The van der Waals surface area contributed by atoms with E-state index < -0.39 is 6.04 Å². The van der Waals surface area contributed by atoms with E-state index in [0.29, 0.717) is 30.1 Å². The van der Waals surface area contributed by atoms with E-state index in [1.807, 2.05) is 0 Å². The number of nitrogens with zero attached hydrogens (tertiary/aromatic N) is 1. The number of nitrogens with one attached hydrogen (secondary N) is 2. The molecule has 1 fully saturated rings. The molecule has 1 heterocycles. The van der Waals surface area contributed by atoms with Crippen molar-refractivity contribution in [3.63, 3.8) is 0 Å². The predicted molar refractivity (Wildman–Crippen MR) is 86.5 cm³/mol. The normalized spacial score (nSPS) is 15.3. The average Bonchev–Trinajstić information content (AvgIpc) is 2.92. The predicted octanol–water partition coefficient (Wildman–Crippen LogP) is 1.29. The maximum absolute atomic E-state index is 12.0. The van der Waals surface area contributed by atoms with E-state index in [9.17, 15) is 14.4 Å². The van der Waals surface area contributed by atoms with Gasteiger partial charge in [-0.2, -0.15) is 0 Å². The van der Waals surface area contributed by atoms with E-state index >= 15 is 0 Å². The van der Waals surface area contributed by atoms with Crippen molar-refractivity contribution < 1.29 is 19.1 Å². The molecule has 0 aliphatic carbocycles. The van der Waals surface area contributed by atoms with Crippen molar-refractivity contribution in [1.82, 2.24) is 5.32 Å². The first-order valence-corrected chi connectivity index (χ1v) is 7.48. The SMILES string of the molecule is COc1cc(NC(=O)C(C)NC(C)=O)ccc1N1CCCC1=O. The molecule has 0 bridgehead atoms. The third kappa shape index (κ3) is 4.00. The van der Waals surface area contributed by atoms with Gasteiger partial charge in [0.2, 0.25) is 17.7 Å². The topological polar surface area (TPSA) is 87.7 Å². The van der Waals surface area contributed by atoms with E-state index in [-0.39, 0.29) is 17.7 Å². The molecule has 3 amide bonds. The lowest BCUT2D eigenvalue weighted by Gasteiger charge is -2.20. The van der Waals surface area contributed by atoms with Gasteiger partial charge in [0, 0.05) is 31.6 Å². The highest BCUT2D eigenvalue weighted by molar-refractivity contribution is 5.99. The fourth-order valence-electron chi connectivity index (χ4n) is 2.50. The molecular weight excluding hydrogens is 298 g/mol. The lowest BCUT2D eigenvalue weighted by Crippen LogP contribution is -2.40. The molecule has 1 atom stereocenters. The van der Waals surface area contributed by atoms with Gasteiger partial charge in [-0.05, 0) is 25.5 Å². The number of methoxy groups -OCH3 is 1. The van der Waals surface area contributed by atoms with Crippen molar-refractivity contribution in [2.75, 3.05) is 23.9 Å². The molecule has 0 spiro atoms. The molecule has 1 saturated heterocycles. The van der Waals surface area contributed by atoms with Crippen molar-refractivity contribution in [2.45, 2.75) is 32.7 Å². The molecule has 2 N–H and O–H groups in total. The first-order chi connectivity index (χ1) is 10.9. The van der Waals surface area contributed by atoms with Gasteiger partial charge in [0.1, 0.15) is 11.8 Å². The van der Waals surface area contributed by atoms with Crippen LogP contribution in [0.3, 0.4) is 0 Å². The van der Waals surface area contributed by atoms with Gasteiger partial charge in [-0.25, -0.2) is 0 Å². The molecule has 1 aliphatic rings. The number of carbonyl (C=O) groups is 3. The fourth-order valence-corrected chi connectivity index (χ4v) is 2.50. The van der Waals surface area contributed by atoms with Crippen LogP contribution in [0.5, 0.6) is 5.75 Å². The van der Waals surface area contributed by atoms with Crippen molar-refractivity contribution in [3.05, 3.63) is 18.2 Å². The summed E-state index contributed by atoms with van der Waals surface area (Å²) in [5.74, 6) is -0.00928. The summed E-state index contributed by atoms with van der Waals surface area (Å²) < 4.78 is 5.34. The Kier molecular flexibility index (Phi) is 5.20. The number of hydrogen-bond donors (Lipinski definition) is 2. The van der Waals surface area contributed by atoms with Crippen LogP contribution in [0.15, 0.2) is 18.2 Å². The maximum Gasteiger partial charge on any atom is 0.246 e. The highest BCUT2D eigenvalue weighted by Crippen LogP contribution is 2.33. The number of ether oxygens (including phenoxy) is 1. The molecule has 23 heavy (non-hydrogen) atoms. The van der Waals surface area contributed by atoms with E-state index in [2.05, 4.69) is 10.6 Å². The lowest BCUT2D eigenvalue weighted by atomic mass is 10.2. The summed E-state index contributed by atoms with van der Waals surface area (Å²) in [6.07, 6.45) is 1.37. The van der Waals surface area contributed by atoms with Gasteiger partial charge in [0.05, 0.1) is 12.8 Å². The first-order valence-electron chi connectivity index (χ1n) is 7.48. The highest BCUT2D eigenvalue weighted by Gasteiger charge is 2.24. The van der Waals surface area contributed by atoms with E-state index in [0.717, 1.165) is 6.42 Å². The number of carbonyl (C=O) groups excluding carboxylic acids is 3. The average molecular weight is 319 g/mol. The number of benzene rings is 1. The van der Waals surface area contributed by atoms with Gasteiger partial charge in [-0.3, -0.25) is 14.4 Å². The smallest absolute Gasteiger partial charge is 0.246 e. The summed E-state index contributed by atoms with van der Waals surface area (Å²) >= 11 is 0. The van der Waals surface area contributed by atoms with Gasteiger partial charge < -0.3 is 20.3 Å². The minimum atomic E-state index is -0.640. The molecule has 7 heteroatoms. The van der Waals surface area contributed by atoms with Crippen LogP contribution in [0.25, 0.3) is 0 Å². The van der Waals surface area contributed by atoms with Crippen LogP contribution >= 0.6 is 0 Å². The van der Waals surface area contributed by atoms with Crippen LogP contribution < -0.4 is 20.3 Å². The second kappa shape index (κ2) is 7.13. The molecule has 7 nitrogen and oxygen atoms in total. The summed E-state index contributed by atoms with van der Waals surface area (Å²) in [4.78, 5) is 36.5. The summed E-state index contributed by atoms with van der Waals surface area (Å²) in [5.41, 5.74) is 1.24. The Morgan fingerprint density at radius 3 is 2.65 bits per heavy atom. The molecule has 124 valence electrons. The van der Waals surface area contributed by atoms with Crippen LogP contribution in [0.4, 0.5) is 11.4 Å². The van der Waals surface area contributed by atoms with Crippen molar-refractivity contribution in [3.8, 4) is 5.75 Å². The van der Waals surface area contributed by atoms with E-state index in [1.54, 1.807) is 30.0 Å². The monoisotopic (exact) mass is 319 g/mol. The summed E-state index contributed by atoms with van der Waals surface area (Å²) in [6.45, 7) is 3.63. The number of anilines is 2. The molecule has 0 aromatic heterocycles. The standard InChI is InChI=1S/C16H21N3O4/c1-10(17-11(2)20)16(22)18-12-6-7-13(14(9-12)23-3)19-8-4-5-15(19)21/h6-7,9-10H,4-5,8H2,1-3H3,(H,17,20)(H,18,22). The van der Waals surface area contributed by atoms with Crippen molar-refractivity contribution in [2.24, 2.45) is 0 Å². The third-order valence-electron chi connectivity index (χ3n) is 3.62. The van der Waals surface area contributed by atoms with Crippen LogP contribution in [-0.2, 0) is 14.4 Å². The summed E-state index contributed by atoms with van der Waals surface area (Å²) in [6, 6.07) is 4.49. The van der Waals surface area contributed by atoms with Crippen molar-refractivity contribution in [1.29, 1.82) is 0 Å². The Balaban J connectivity index is 2.14. The van der Waals surface area contributed by atoms with E-state index in [1.165, 1.54) is 14.0 Å². The summed E-state index contributed by atoms with van der Waals surface area (Å²) in [5, 5.41) is 5.23. The molecule has 1 aromatic carbocycles. The van der Waals surface area contributed by atoms with Crippen LogP contribution in [0.1, 0.15) is 26.7 Å². The van der Waals surface area contributed by atoms with Gasteiger partial charge in [0.15, 0.2) is 0 Å². The molecule has 0 radical (unpaired) electrons.